The van der Waals surface area contributed by atoms with Crippen LogP contribution in [0.25, 0.3) is 0 Å². The summed E-state index contributed by atoms with van der Waals surface area (Å²) in [6, 6.07) is 0.482. The van der Waals surface area contributed by atoms with Crippen LogP contribution in [0.15, 0.2) is 0 Å². The van der Waals surface area contributed by atoms with Crippen molar-refractivity contribution >= 4 is 30.1 Å². The van der Waals surface area contributed by atoms with Gasteiger partial charge in [0.15, 0.2) is 0 Å². The molecule has 0 spiro atoms. The van der Waals surface area contributed by atoms with Crippen LogP contribution in [0.4, 0.5) is 0 Å². The van der Waals surface area contributed by atoms with E-state index in [2.05, 4.69) is 31.4 Å². The highest BCUT2D eigenvalue weighted by molar-refractivity contribution is 7.99. The van der Waals surface area contributed by atoms with E-state index in [1.54, 1.807) is 0 Å². The normalized spacial score (nSPS) is 22.9. The molecule has 1 aliphatic heterocycles. The van der Waals surface area contributed by atoms with Gasteiger partial charge in [-0.1, -0.05) is 13.8 Å². The first kappa shape index (κ1) is 19.1. The highest BCUT2D eigenvalue weighted by atomic mass is 35.5. The van der Waals surface area contributed by atoms with E-state index >= 15 is 0 Å². The van der Waals surface area contributed by atoms with E-state index in [4.69, 9.17) is 0 Å². The lowest BCUT2D eigenvalue weighted by atomic mass is 9.92. The first-order valence-corrected chi connectivity index (χ1v) is 8.34. The smallest absolute Gasteiger partial charge is 0.223 e. The molecular formula is C14H29ClN2OS. The first-order chi connectivity index (χ1) is 8.59. The summed E-state index contributed by atoms with van der Waals surface area (Å²) < 4.78 is 0. The number of hydrogen-bond acceptors (Lipinski definition) is 3. The molecule has 2 atom stereocenters. The summed E-state index contributed by atoms with van der Waals surface area (Å²) in [5, 5.41) is 6.46. The molecular weight excluding hydrogens is 280 g/mol. The van der Waals surface area contributed by atoms with E-state index in [-0.39, 0.29) is 24.2 Å². The summed E-state index contributed by atoms with van der Waals surface area (Å²) in [5.74, 6) is 3.63. The van der Waals surface area contributed by atoms with Crippen LogP contribution >= 0.6 is 24.2 Å². The Kier molecular flexibility index (Phi) is 10.8. The second kappa shape index (κ2) is 10.8. The lowest BCUT2D eigenvalue weighted by Gasteiger charge is -2.27. The van der Waals surface area contributed by atoms with Crippen molar-refractivity contribution in [2.45, 2.75) is 46.1 Å². The minimum absolute atomic E-state index is 0. The summed E-state index contributed by atoms with van der Waals surface area (Å²) in [4.78, 5) is 11.9. The maximum atomic E-state index is 11.9. The van der Waals surface area contributed by atoms with Gasteiger partial charge in [-0.05, 0) is 50.2 Å². The molecule has 0 radical (unpaired) electrons. The number of carbonyl (C=O) groups excluding carboxylic acids is 1. The predicted octanol–water partition coefficient (Wildman–Crippen LogP) is 2.69. The zero-order chi connectivity index (χ0) is 13.4. The quantitative estimate of drug-likeness (QED) is 0.711. The van der Waals surface area contributed by atoms with Gasteiger partial charge in [0.2, 0.25) is 5.91 Å². The van der Waals surface area contributed by atoms with Gasteiger partial charge in [-0.25, -0.2) is 0 Å². The van der Waals surface area contributed by atoms with Crippen molar-refractivity contribution < 1.29 is 4.79 Å². The van der Waals surface area contributed by atoms with E-state index < -0.39 is 0 Å². The van der Waals surface area contributed by atoms with Crippen molar-refractivity contribution in [3.8, 4) is 0 Å². The summed E-state index contributed by atoms with van der Waals surface area (Å²) >= 11 is 1.99. The lowest BCUT2D eigenvalue weighted by molar-refractivity contribution is -0.126. The number of rotatable bonds is 7. The number of hydrogen-bond donors (Lipinski definition) is 2. The molecule has 0 aliphatic carbocycles. The Morgan fingerprint density at radius 1 is 1.47 bits per heavy atom. The molecule has 2 N–H and O–H groups in total. The van der Waals surface area contributed by atoms with Crippen LogP contribution in [0.2, 0.25) is 0 Å². The Bertz CT molecular complexity index is 252. The number of nitrogens with one attached hydrogen (secondary N) is 2. The predicted molar refractivity (Wildman–Crippen MR) is 87.2 cm³/mol. The summed E-state index contributed by atoms with van der Waals surface area (Å²) in [6.07, 6.45) is 3.05. The van der Waals surface area contributed by atoms with E-state index in [0.717, 1.165) is 44.0 Å². The molecule has 1 heterocycles. The molecule has 1 aliphatic rings. The van der Waals surface area contributed by atoms with Gasteiger partial charge in [0.1, 0.15) is 0 Å². The Balaban J connectivity index is 0.00000324. The second-order valence-corrected chi connectivity index (χ2v) is 6.84. The molecule has 3 nitrogen and oxygen atoms in total. The molecule has 0 aromatic rings. The Morgan fingerprint density at radius 3 is 2.84 bits per heavy atom. The van der Waals surface area contributed by atoms with Gasteiger partial charge in [-0.3, -0.25) is 4.79 Å². The van der Waals surface area contributed by atoms with Crippen molar-refractivity contribution in [1.29, 1.82) is 0 Å². The molecule has 0 bridgehead atoms. The zero-order valence-corrected chi connectivity index (χ0v) is 14.0. The minimum Gasteiger partial charge on any atom is -0.356 e. The molecule has 0 aromatic heterocycles. The Hall–Kier alpha value is 0.0700. The van der Waals surface area contributed by atoms with Crippen molar-refractivity contribution in [1.82, 2.24) is 10.6 Å². The summed E-state index contributed by atoms with van der Waals surface area (Å²) in [6.45, 7) is 8.45. The molecule has 19 heavy (non-hydrogen) atoms. The highest BCUT2D eigenvalue weighted by Crippen LogP contribution is 2.16. The molecule has 114 valence electrons. The van der Waals surface area contributed by atoms with Crippen molar-refractivity contribution in [2.24, 2.45) is 11.8 Å². The first-order valence-electron chi connectivity index (χ1n) is 7.18. The molecule has 5 heteroatoms. The minimum atomic E-state index is 0. The van der Waals surface area contributed by atoms with Gasteiger partial charge < -0.3 is 10.6 Å². The number of amides is 1. The molecule has 0 unspecified atom stereocenters. The average Bonchev–Trinajstić information content (AvgIpc) is 2.33. The second-order valence-electron chi connectivity index (χ2n) is 5.69. The molecule has 0 aromatic carbocycles. The van der Waals surface area contributed by atoms with Crippen molar-refractivity contribution in [3.05, 3.63) is 0 Å². The van der Waals surface area contributed by atoms with Crippen LogP contribution in [0.1, 0.15) is 40.0 Å². The Labute approximate surface area is 128 Å². The van der Waals surface area contributed by atoms with Crippen molar-refractivity contribution in [2.75, 3.05) is 24.6 Å². The van der Waals surface area contributed by atoms with Gasteiger partial charge in [-0.2, -0.15) is 11.8 Å². The number of thioether (sulfide) groups is 1. The SMILES string of the molecule is CC(C)CSCCCNC(=O)[C@H]1CCN[C@@H](C)C1.Cl. The fourth-order valence-corrected chi connectivity index (χ4v) is 3.21. The fraction of sp³-hybridized carbons (Fsp3) is 0.929. The van der Waals surface area contributed by atoms with Gasteiger partial charge in [0.25, 0.3) is 0 Å². The number of piperidine rings is 1. The third-order valence-corrected chi connectivity index (χ3v) is 4.69. The average molecular weight is 309 g/mol. The molecule has 1 saturated heterocycles. The third kappa shape index (κ3) is 8.77. The molecule has 1 rings (SSSR count). The van der Waals surface area contributed by atoms with E-state index in [1.165, 1.54) is 5.75 Å². The highest BCUT2D eigenvalue weighted by Gasteiger charge is 2.23. The molecule has 0 saturated carbocycles. The summed E-state index contributed by atoms with van der Waals surface area (Å²) in [5.41, 5.74) is 0. The van der Waals surface area contributed by atoms with Crippen LogP contribution in [-0.2, 0) is 4.79 Å². The number of carbonyl (C=O) groups is 1. The molecule has 1 amide bonds. The van der Waals surface area contributed by atoms with Crippen LogP contribution < -0.4 is 10.6 Å². The molecule has 1 fully saturated rings. The number of halogens is 1. The maximum Gasteiger partial charge on any atom is 0.223 e. The topological polar surface area (TPSA) is 41.1 Å². The van der Waals surface area contributed by atoms with Gasteiger partial charge >= 0.3 is 0 Å². The monoisotopic (exact) mass is 308 g/mol. The van der Waals surface area contributed by atoms with Crippen LogP contribution in [0, 0.1) is 11.8 Å². The maximum absolute atomic E-state index is 11.9. The Morgan fingerprint density at radius 2 is 2.21 bits per heavy atom. The van der Waals surface area contributed by atoms with E-state index in [0.29, 0.717) is 6.04 Å². The van der Waals surface area contributed by atoms with Crippen LogP contribution in [0.3, 0.4) is 0 Å². The van der Waals surface area contributed by atoms with Gasteiger partial charge in [-0.15, -0.1) is 12.4 Å². The summed E-state index contributed by atoms with van der Waals surface area (Å²) in [7, 11) is 0. The van der Waals surface area contributed by atoms with Gasteiger partial charge in [0.05, 0.1) is 0 Å². The van der Waals surface area contributed by atoms with Gasteiger partial charge in [0, 0.05) is 18.5 Å². The third-order valence-electron chi connectivity index (χ3n) is 3.21. The van der Waals surface area contributed by atoms with E-state index in [9.17, 15) is 4.79 Å². The standard InChI is InChI=1S/C14H28N2OS.ClH/c1-11(2)10-18-8-4-6-16-14(17)13-5-7-15-12(3)9-13;/h11-13,15H,4-10H2,1-3H3,(H,16,17);1H/t12-,13-;/m0./s1. The largest absolute Gasteiger partial charge is 0.356 e. The van der Waals surface area contributed by atoms with Crippen LogP contribution in [0.5, 0.6) is 0 Å². The van der Waals surface area contributed by atoms with E-state index in [1.807, 2.05) is 11.8 Å². The van der Waals surface area contributed by atoms with Crippen molar-refractivity contribution in [3.63, 3.8) is 0 Å². The lowest BCUT2D eigenvalue weighted by Crippen LogP contribution is -2.42. The zero-order valence-electron chi connectivity index (χ0n) is 12.4. The fourth-order valence-electron chi connectivity index (χ4n) is 2.22. The van der Waals surface area contributed by atoms with Crippen LogP contribution in [-0.4, -0.2) is 36.5 Å².